The third-order valence-corrected chi connectivity index (χ3v) is 4.89. The van der Waals surface area contributed by atoms with Gasteiger partial charge in [0.25, 0.3) is 5.91 Å². The molecule has 4 aromatic rings. The normalized spacial score (nSPS) is 11.8. The van der Waals surface area contributed by atoms with Gasteiger partial charge >= 0.3 is 0 Å². The van der Waals surface area contributed by atoms with Crippen molar-refractivity contribution in [3.63, 3.8) is 0 Å². The molecular formula is C21H19ClFN5O2. The zero-order valence-corrected chi connectivity index (χ0v) is 17.4. The summed E-state index contributed by atoms with van der Waals surface area (Å²) in [4.78, 5) is 20.8. The standard InChI is InChI=1S/C21H19ClFN5O2/c1-21(2,3)20-27-16(10-30-20)19(29)24-9-12-7-15(23)13(8-14(12)22)18-17-5-4-6-28(17)26-11-25-18/h4-8,10-11H,9H2,1-3H3,(H,24,29). The molecule has 154 valence electrons. The molecule has 3 aromatic heterocycles. The van der Waals surface area contributed by atoms with Crippen LogP contribution in [0.15, 0.2) is 47.5 Å². The van der Waals surface area contributed by atoms with Crippen LogP contribution in [0.1, 0.15) is 42.7 Å². The summed E-state index contributed by atoms with van der Waals surface area (Å²) >= 11 is 6.37. The number of rotatable bonds is 4. The van der Waals surface area contributed by atoms with Crippen LogP contribution in [0, 0.1) is 5.82 Å². The first-order chi connectivity index (χ1) is 14.2. The number of oxazole rings is 1. The van der Waals surface area contributed by atoms with Gasteiger partial charge in [0.1, 0.15) is 24.1 Å². The average molecular weight is 428 g/mol. The lowest BCUT2D eigenvalue weighted by Gasteiger charge is -2.12. The van der Waals surface area contributed by atoms with Crippen LogP contribution in [-0.2, 0) is 12.0 Å². The second-order valence-corrected chi connectivity index (χ2v) is 8.25. The van der Waals surface area contributed by atoms with E-state index >= 15 is 0 Å². The lowest BCUT2D eigenvalue weighted by molar-refractivity contribution is 0.0946. The van der Waals surface area contributed by atoms with Gasteiger partial charge in [-0.05, 0) is 29.8 Å². The molecule has 1 aromatic carbocycles. The Labute approximate surface area is 176 Å². The zero-order valence-electron chi connectivity index (χ0n) is 16.6. The number of nitrogens with one attached hydrogen (secondary N) is 1. The number of aromatic nitrogens is 4. The van der Waals surface area contributed by atoms with E-state index in [9.17, 15) is 9.18 Å². The molecule has 0 atom stereocenters. The Hall–Kier alpha value is -3.26. The van der Waals surface area contributed by atoms with Gasteiger partial charge in [-0.1, -0.05) is 32.4 Å². The fraction of sp³-hybridized carbons (Fsp3) is 0.238. The quantitative estimate of drug-likeness (QED) is 0.521. The van der Waals surface area contributed by atoms with Gasteiger partial charge in [0.05, 0.1) is 5.52 Å². The molecular weight excluding hydrogens is 409 g/mol. The highest BCUT2D eigenvalue weighted by atomic mass is 35.5. The van der Waals surface area contributed by atoms with Gasteiger partial charge in [0.2, 0.25) is 0 Å². The van der Waals surface area contributed by atoms with Crippen molar-refractivity contribution in [3.8, 4) is 11.3 Å². The molecule has 9 heteroatoms. The first-order valence-corrected chi connectivity index (χ1v) is 9.62. The van der Waals surface area contributed by atoms with Crippen molar-refractivity contribution in [2.45, 2.75) is 32.7 Å². The highest BCUT2D eigenvalue weighted by Crippen LogP contribution is 2.30. The lowest BCUT2D eigenvalue weighted by atomic mass is 9.97. The second kappa shape index (κ2) is 7.53. The first kappa shape index (κ1) is 20.0. The first-order valence-electron chi connectivity index (χ1n) is 9.25. The molecule has 7 nitrogen and oxygen atoms in total. The molecule has 0 saturated heterocycles. The van der Waals surface area contributed by atoms with Crippen LogP contribution in [0.2, 0.25) is 5.02 Å². The van der Waals surface area contributed by atoms with Crippen LogP contribution in [0.5, 0.6) is 0 Å². The zero-order chi connectivity index (χ0) is 21.5. The molecule has 0 aliphatic heterocycles. The average Bonchev–Trinajstić information content (AvgIpc) is 3.37. The monoisotopic (exact) mass is 427 g/mol. The predicted molar refractivity (Wildman–Crippen MR) is 110 cm³/mol. The molecule has 0 fully saturated rings. The van der Waals surface area contributed by atoms with Gasteiger partial charge in [-0.3, -0.25) is 4.79 Å². The summed E-state index contributed by atoms with van der Waals surface area (Å²) in [6.07, 6.45) is 4.41. The van der Waals surface area contributed by atoms with Crippen LogP contribution in [0.25, 0.3) is 16.8 Å². The largest absolute Gasteiger partial charge is 0.448 e. The van der Waals surface area contributed by atoms with E-state index in [-0.39, 0.29) is 23.2 Å². The Morgan fingerprint density at radius 2 is 2.13 bits per heavy atom. The fourth-order valence-electron chi connectivity index (χ4n) is 2.97. The Bertz CT molecular complexity index is 1240. The maximum Gasteiger partial charge on any atom is 0.273 e. The fourth-order valence-corrected chi connectivity index (χ4v) is 3.20. The molecule has 3 heterocycles. The van der Waals surface area contributed by atoms with Crippen molar-refractivity contribution in [1.29, 1.82) is 0 Å². The van der Waals surface area contributed by atoms with E-state index in [4.69, 9.17) is 16.0 Å². The molecule has 0 aliphatic rings. The second-order valence-electron chi connectivity index (χ2n) is 7.84. The molecule has 0 aliphatic carbocycles. The van der Waals surface area contributed by atoms with Gasteiger partial charge in [-0.2, -0.15) is 5.10 Å². The van der Waals surface area contributed by atoms with Crippen LogP contribution in [0.3, 0.4) is 0 Å². The minimum Gasteiger partial charge on any atom is -0.448 e. The molecule has 30 heavy (non-hydrogen) atoms. The summed E-state index contributed by atoms with van der Waals surface area (Å²) in [7, 11) is 0. The maximum atomic E-state index is 14.9. The number of benzene rings is 1. The summed E-state index contributed by atoms with van der Waals surface area (Å²) < 4.78 is 21.8. The minimum absolute atomic E-state index is 0.0386. The Morgan fingerprint density at radius 3 is 2.87 bits per heavy atom. The van der Waals surface area contributed by atoms with Crippen molar-refractivity contribution in [2.24, 2.45) is 0 Å². The number of halogens is 2. The van der Waals surface area contributed by atoms with Crippen LogP contribution >= 0.6 is 11.6 Å². The van der Waals surface area contributed by atoms with E-state index < -0.39 is 11.7 Å². The molecule has 1 N–H and O–H groups in total. The van der Waals surface area contributed by atoms with Crippen LogP contribution in [0.4, 0.5) is 4.39 Å². The van der Waals surface area contributed by atoms with E-state index in [0.29, 0.717) is 27.7 Å². The summed E-state index contributed by atoms with van der Waals surface area (Å²) in [5, 5.41) is 7.08. The number of carbonyl (C=O) groups excluding carboxylic acids is 1. The Kier molecular flexibility index (Phi) is 5.03. The number of hydrogen-bond acceptors (Lipinski definition) is 5. The van der Waals surface area contributed by atoms with Crippen molar-refractivity contribution in [3.05, 3.63) is 71.0 Å². The topological polar surface area (TPSA) is 85.3 Å². The van der Waals surface area contributed by atoms with E-state index in [1.54, 1.807) is 22.8 Å². The van der Waals surface area contributed by atoms with E-state index in [1.807, 2.05) is 20.8 Å². The summed E-state index contributed by atoms with van der Waals surface area (Å²) in [5.41, 5.74) is 1.63. The third-order valence-electron chi connectivity index (χ3n) is 4.54. The molecule has 0 radical (unpaired) electrons. The lowest BCUT2D eigenvalue weighted by Crippen LogP contribution is -2.24. The molecule has 0 spiro atoms. The van der Waals surface area contributed by atoms with Gasteiger partial charge in [-0.25, -0.2) is 18.9 Å². The molecule has 0 bridgehead atoms. The predicted octanol–water partition coefficient (Wildman–Crippen LogP) is 4.40. The smallest absolute Gasteiger partial charge is 0.273 e. The number of amides is 1. The summed E-state index contributed by atoms with van der Waals surface area (Å²) in [5.74, 6) is -0.468. The SMILES string of the molecule is CC(C)(C)c1nc(C(=O)NCc2cc(F)c(-c3ncnn4cccc34)cc2Cl)co1. The maximum absolute atomic E-state index is 14.9. The number of fused-ring (bicyclic) bond motifs is 1. The summed E-state index contributed by atoms with van der Waals surface area (Å²) in [6, 6.07) is 6.39. The van der Waals surface area contributed by atoms with Gasteiger partial charge in [0.15, 0.2) is 11.6 Å². The van der Waals surface area contributed by atoms with Gasteiger partial charge in [0, 0.05) is 28.7 Å². The van der Waals surface area contributed by atoms with Crippen molar-refractivity contribution in [2.75, 3.05) is 0 Å². The number of hydrogen-bond donors (Lipinski definition) is 1. The number of nitrogens with zero attached hydrogens (tertiary/aromatic N) is 4. The Morgan fingerprint density at radius 1 is 1.33 bits per heavy atom. The third kappa shape index (κ3) is 3.78. The molecule has 1 amide bonds. The van der Waals surface area contributed by atoms with Crippen molar-refractivity contribution in [1.82, 2.24) is 24.9 Å². The van der Waals surface area contributed by atoms with Crippen molar-refractivity contribution < 1.29 is 13.6 Å². The van der Waals surface area contributed by atoms with E-state index in [0.717, 1.165) is 0 Å². The molecule has 0 saturated carbocycles. The molecule has 4 rings (SSSR count). The summed E-state index contributed by atoms with van der Waals surface area (Å²) in [6.45, 7) is 5.84. The highest BCUT2D eigenvalue weighted by Gasteiger charge is 2.22. The highest BCUT2D eigenvalue weighted by molar-refractivity contribution is 6.31. The van der Waals surface area contributed by atoms with Crippen LogP contribution < -0.4 is 5.32 Å². The number of carbonyl (C=O) groups is 1. The van der Waals surface area contributed by atoms with Crippen molar-refractivity contribution >= 4 is 23.0 Å². The van der Waals surface area contributed by atoms with E-state index in [1.165, 1.54) is 24.7 Å². The minimum atomic E-state index is -0.498. The Balaban J connectivity index is 1.55. The van der Waals surface area contributed by atoms with Crippen LogP contribution in [-0.4, -0.2) is 25.5 Å². The van der Waals surface area contributed by atoms with Gasteiger partial charge in [-0.15, -0.1) is 0 Å². The molecule has 0 unspecified atom stereocenters. The van der Waals surface area contributed by atoms with E-state index in [2.05, 4.69) is 20.4 Å². The van der Waals surface area contributed by atoms with Gasteiger partial charge < -0.3 is 9.73 Å².